The van der Waals surface area contributed by atoms with Crippen LogP contribution >= 0.6 is 0 Å². The fourth-order valence-corrected chi connectivity index (χ4v) is 5.09. The third-order valence-corrected chi connectivity index (χ3v) is 7.79. The van der Waals surface area contributed by atoms with E-state index < -0.39 is 11.9 Å². The molecule has 4 aromatic rings. The summed E-state index contributed by atoms with van der Waals surface area (Å²) in [6.07, 6.45) is 13.7. The number of benzene rings is 4. The fraction of sp³-hybridized carbons (Fsp3) is 0.310. The Bertz CT molecular complexity index is 1710. The average Bonchev–Trinajstić information content (AvgIpc) is 3.11. The minimum Gasteiger partial charge on any atom is -0.496 e. The van der Waals surface area contributed by atoms with Crippen LogP contribution in [-0.4, -0.2) is 38.5 Å². The smallest absolute Gasteiger partial charge is 0.343 e. The molecule has 0 saturated carbocycles. The van der Waals surface area contributed by atoms with Gasteiger partial charge in [0.05, 0.1) is 25.9 Å². The van der Waals surface area contributed by atoms with Crippen molar-refractivity contribution in [1.29, 1.82) is 5.41 Å². The van der Waals surface area contributed by atoms with Gasteiger partial charge in [-0.2, -0.15) is 0 Å². The summed E-state index contributed by atoms with van der Waals surface area (Å²) in [6, 6.07) is 22.7. The lowest BCUT2D eigenvalue weighted by molar-refractivity contribution is -0.137. The standard InChI is InChI=1S/C33H37NO5.C9H12O/c1-3-5-6-9-12-25-13-19-29-27(23-25)16-20-31(30(29)24-34)39-33(36)26-14-17-28(18-15-26)37-21-10-7-8-11-22-38-32(35)4-2;1-7-4-5-9(10-3)8(2)6-7/h4,9,12-20,23-24,34H,2-3,5-8,10-11,21-22H2,1H3;4-6H,1-3H3/b12-9-,34-24?;. The van der Waals surface area contributed by atoms with Crippen molar-refractivity contribution in [1.82, 2.24) is 0 Å². The quantitative estimate of drug-likeness (QED) is 0.0397. The molecule has 0 aliphatic rings. The van der Waals surface area contributed by atoms with Crippen LogP contribution in [0, 0.1) is 19.3 Å². The molecule has 4 aromatic carbocycles. The number of ether oxygens (including phenoxy) is 4. The van der Waals surface area contributed by atoms with Gasteiger partial charge in [-0.25, -0.2) is 9.59 Å². The molecule has 0 unspecified atom stereocenters. The first-order valence-electron chi connectivity index (χ1n) is 16.9. The van der Waals surface area contributed by atoms with Crippen LogP contribution in [0.2, 0.25) is 0 Å². The molecule has 0 fully saturated rings. The SMILES string of the molecule is C=CC(=O)OCCCCCCOc1ccc(C(=O)Oc2ccc3cc(/C=C\CCCC)ccc3c2C=N)cc1.COc1ccc(C)cc1C. The largest absolute Gasteiger partial charge is 0.496 e. The normalized spacial score (nSPS) is 10.6. The molecule has 1 N–H and O–H groups in total. The number of methoxy groups -OCH3 is 1. The Labute approximate surface area is 291 Å². The van der Waals surface area contributed by atoms with E-state index in [-0.39, 0.29) is 0 Å². The summed E-state index contributed by atoms with van der Waals surface area (Å²) in [5.74, 6) is 1.12. The van der Waals surface area contributed by atoms with Gasteiger partial charge in [0.1, 0.15) is 17.2 Å². The highest BCUT2D eigenvalue weighted by Crippen LogP contribution is 2.29. The third kappa shape index (κ3) is 12.8. The lowest BCUT2D eigenvalue weighted by Gasteiger charge is -2.11. The highest BCUT2D eigenvalue weighted by molar-refractivity contribution is 6.03. The van der Waals surface area contributed by atoms with Crippen molar-refractivity contribution in [2.75, 3.05) is 20.3 Å². The molecular weight excluding hydrogens is 614 g/mol. The summed E-state index contributed by atoms with van der Waals surface area (Å²) < 4.78 is 21.5. The van der Waals surface area contributed by atoms with Crippen molar-refractivity contribution in [2.45, 2.75) is 65.7 Å². The number of carbonyl (C=O) groups excluding carboxylic acids is 2. The third-order valence-electron chi connectivity index (χ3n) is 7.79. The van der Waals surface area contributed by atoms with E-state index in [4.69, 9.17) is 24.4 Å². The van der Waals surface area contributed by atoms with Crippen molar-refractivity contribution >= 4 is 35.0 Å². The number of allylic oxidation sites excluding steroid dienone is 1. The Morgan fingerprint density at radius 1 is 0.837 bits per heavy atom. The predicted molar refractivity (Wildman–Crippen MR) is 199 cm³/mol. The molecular formula is C42H49NO6. The number of unbranched alkanes of at least 4 members (excludes halogenated alkanes) is 5. The second kappa shape index (κ2) is 20.9. The maximum Gasteiger partial charge on any atom is 0.343 e. The number of hydrogen-bond donors (Lipinski definition) is 1. The molecule has 7 nitrogen and oxygen atoms in total. The summed E-state index contributed by atoms with van der Waals surface area (Å²) in [7, 11) is 1.69. The maximum absolute atomic E-state index is 12.8. The van der Waals surface area contributed by atoms with Gasteiger partial charge in [-0.05, 0) is 110 Å². The van der Waals surface area contributed by atoms with Crippen molar-refractivity contribution in [3.63, 3.8) is 0 Å². The average molecular weight is 664 g/mol. The van der Waals surface area contributed by atoms with Gasteiger partial charge in [-0.15, -0.1) is 0 Å². The molecule has 0 saturated heterocycles. The lowest BCUT2D eigenvalue weighted by Crippen LogP contribution is -2.10. The van der Waals surface area contributed by atoms with E-state index in [1.165, 1.54) is 36.3 Å². The molecule has 4 rings (SSSR count). The predicted octanol–water partition coefficient (Wildman–Crippen LogP) is 10.2. The van der Waals surface area contributed by atoms with Crippen LogP contribution in [0.3, 0.4) is 0 Å². The van der Waals surface area contributed by atoms with E-state index in [1.807, 2.05) is 37.3 Å². The first-order valence-corrected chi connectivity index (χ1v) is 16.9. The molecule has 0 radical (unpaired) electrons. The van der Waals surface area contributed by atoms with Gasteiger partial charge in [0.15, 0.2) is 0 Å². The second-order valence-electron chi connectivity index (χ2n) is 11.7. The molecule has 0 atom stereocenters. The zero-order valence-electron chi connectivity index (χ0n) is 29.3. The van der Waals surface area contributed by atoms with Gasteiger partial charge in [0.2, 0.25) is 0 Å². The topological polar surface area (TPSA) is 94.9 Å². The van der Waals surface area contributed by atoms with E-state index in [0.29, 0.717) is 35.8 Å². The fourth-order valence-electron chi connectivity index (χ4n) is 5.09. The van der Waals surface area contributed by atoms with E-state index in [2.05, 4.69) is 44.7 Å². The Balaban J connectivity index is 0.000000555. The maximum atomic E-state index is 12.8. The molecule has 0 heterocycles. The Kier molecular flexibility index (Phi) is 16.4. The number of hydrogen-bond acceptors (Lipinski definition) is 7. The molecule has 0 aliphatic carbocycles. The van der Waals surface area contributed by atoms with Gasteiger partial charge in [0, 0.05) is 17.9 Å². The molecule has 258 valence electrons. The summed E-state index contributed by atoms with van der Waals surface area (Å²) in [5.41, 5.74) is 4.55. The highest BCUT2D eigenvalue weighted by atomic mass is 16.5. The van der Waals surface area contributed by atoms with Gasteiger partial charge < -0.3 is 24.4 Å². The molecule has 0 aliphatic heterocycles. The number of aryl methyl sites for hydroxylation is 2. The molecule has 0 aromatic heterocycles. The molecule has 0 bridgehead atoms. The molecule has 0 spiro atoms. The highest BCUT2D eigenvalue weighted by Gasteiger charge is 2.14. The van der Waals surface area contributed by atoms with Crippen molar-refractivity contribution in [3.8, 4) is 17.2 Å². The number of carbonyl (C=O) groups is 2. The Morgan fingerprint density at radius 2 is 1.57 bits per heavy atom. The van der Waals surface area contributed by atoms with Gasteiger partial charge in [0.25, 0.3) is 0 Å². The number of nitrogens with one attached hydrogen (secondary N) is 1. The second-order valence-corrected chi connectivity index (χ2v) is 11.7. The van der Waals surface area contributed by atoms with Crippen LogP contribution < -0.4 is 14.2 Å². The number of rotatable bonds is 17. The van der Waals surface area contributed by atoms with Crippen molar-refractivity contribution in [3.05, 3.63) is 119 Å². The Morgan fingerprint density at radius 3 is 2.24 bits per heavy atom. The zero-order chi connectivity index (χ0) is 35.4. The van der Waals surface area contributed by atoms with Crippen LogP contribution in [0.25, 0.3) is 16.8 Å². The van der Waals surface area contributed by atoms with E-state index in [0.717, 1.165) is 54.2 Å². The minimum atomic E-state index is -0.489. The van der Waals surface area contributed by atoms with Crippen LogP contribution in [0.5, 0.6) is 17.2 Å². The van der Waals surface area contributed by atoms with Crippen LogP contribution in [-0.2, 0) is 9.53 Å². The molecule has 7 heteroatoms. The summed E-state index contributed by atoms with van der Waals surface area (Å²) >= 11 is 0. The van der Waals surface area contributed by atoms with Crippen LogP contribution in [0.4, 0.5) is 0 Å². The monoisotopic (exact) mass is 663 g/mol. The van der Waals surface area contributed by atoms with Gasteiger partial charge in [-0.1, -0.05) is 74.4 Å². The van der Waals surface area contributed by atoms with E-state index in [9.17, 15) is 9.59 Å². The van der Waals surface area contributed by atoms with Crippen molar-refractivity contribution < 1.29 is 28.5 Å². The summed E-state index contributed by atoms with van der Waals surface area (Å²) in [5, 5.41) is 9.79. The van der Waals surface area contributed by atoms with E-state index >= 15 is 0 Å². The number of esters is 2. The van der Waals surface area contributed by atoms with Gasteiger partial charge in [-0.3, -0.25) is 0 Å². The zero-order valence-corrected chi connectivity index (χ0v) is 29.3. The first-order chi connectivity index (χ1) is 23.8. The summed E-state index contributed by atoms with van der Waals surface area (Å²) in [6.45, 7) is 10.6. The van der Waals surface area contributed by atoms with Gasteiger partial charge >= 0.3 is 11.9 Å². The van der Waals surface area contributed by atoms with Crippen LogP contribution in [0.1, 0.15) is 84.5 Å². The summed E-state index contributed by atoms with van der Waals surface area (Å²) in [4.78, 5) is 23.8. The molecule has 0 amide bonds. The minimum absolute atomic E-state index is 0.355. The first kappa shape index (κ1) is 38.3. The molecule has 49 heavy (non-hydrogen) atoms. The van der Waals surface area contributed by atoms with Crippen molar-refractivity contribution in [2.24, 2.45) is 0 Å². The Hall–Kier alpha value is -5.17. The number of fused-ring (bicyclic) bond motifs is 1. The van der Waals surface area contributed by atoms with E-state index in [1.54, 1.807) is 37.4 Å². The lowest BCUT2D eigenvalue weighted by atomic mass is 10.0. The van der Waals surface area contributed by atoms with Crippen LogP contribution in [0.15, 0.2) is 91.5 Å².